The summed E-state index contributed by atoms with van der Waals surface area (Å²) in [6, 6.07) is 9.16. The zero-order valence-electron chi connectivity index (χ0n) is 17.7. The van der Waals surface area contributed by atoms with Gasteiger partial charge in [0.2, 0.25) is 0 Å². The van der Waals surface area contributed by atoms with Gasteiger partial charge in [-0.05, 0) is 24.3 Å². The van der Waals surface area contributed by atoms with Crippen LogP contribution in [0.15, 0.2) is 42.7 Å². The summed E-state index contributed by atoms with van der Waals surface area (Å²) < 4.78 is 1.65. The summed E-state index contributed by atoms with van der Waals surface area (Å²) in [5.74, 6) is -0.460. The summed E-state index contributed by atoms with van der Waals surface area (Å²) in [5.41, 5.74) is 8.92. The van der Waals surface area contributed by atoms with Crippen molar-refractivity contribution in [3.63, 3.8) is 0 Å². The minimum Gasteiger partial charge on any atom is -0.390 e. The summed E-state index contributed by atoms with van der Waals surface area (Å²) >= 11 is 6.51. The van der Waals surface area contributed by atoms with Crippen LogP contribution in [-0.2, 0) is 7.05 Å². The van der Waals surface area contributed by atoms with Gasteiger partial charge in [-0.1, -0.05) is 17.7 Å². The maximum absolute atomic E-state index is 12.9. The van der Waals surface area contributed by atoms with E-state index in [2.05, 4.69) is 25.4 Å². The first-order valence-electron chi connectivity index (χ1n) is 10.3. The Bertz CT molecular complexity index is 1370. The molecule has 4 N–H and O–H groups in total. The second kappa shape index (κ2) is 8.39. The van der Waals surface area contributed by atoms with E-state index < -0.39 is 5.91 Å². The lowest BCUT2D eigenvalue weighted by Crippen LogP contribution is -2.54. The molecule has 1 aliphatic rings. The Morgan fingerprint density at radius 3 is 2.82 bits per heavy atom. The number of aliphatic hydroxyl groups excluding tert-OH is 1. The van der Waals surface area contributed by atoms with Gasteiger partial charge >= 0.3 is 0 Å². The molecular formula is C22H21ClN8O2. The molecule has 11 heteroatoms. The number of nitrogens with two attached hydrogens (primary N) is 1. The van der Waals surface area contributed by atoms with Crippen LogP contribution >= 0.6 is 11.6 Å². The van der Waals surface area contributed by atoms with Crippen molar-refractivity contribution in [3.05, 3.63) is 53.4 Å². The van der Waals surface area contributed by atoms with Gasteiger partial charge in [0, 0.05) is 43.5 Å². The van der Waals surface area contributed by atoms with Crippen LogP contribution in [0.3, 0.4) is 0 Å². The molecule has 5 rings (SSSR count). The van der Waals surface area contributed by atoms with Crippen LogP contribution in [0.25, 0.3) is 33.5 Å². The Hall–Kier alpha value is -3.60. The lowest BCUT2D eigenvalue weighted by atomic mass is 10.0. The van der Waals surface area contributed by atoms with Crippen molar-refractivity contribution in [2.45, 2.75) is 6.10 Å². The maximum atomic E-state index is 12.9. The largest absolute Gasteiger partial charge is 0.390 e. The highest BCUT2D eigenvalue weighted by Crippen LogP contribution is 2.34. The molecule has 0 spiro atoms. The number of carbonyl (C=O) groups excluding carboxylic acids is 1. The number of nitrogens with one attached hydrogen (secondary N) is 1. The molecule has 1 fully saturated rings. The third kappa shape index (κ3) is 4.11. The number of benzene rings is 1. The monoisotopic (exact) mass is 464 g/mol. The number of aromatic nitrogens is 5. The molecule has 1 aromatic carbocycles. The Morgan fingerprint density at radius 2 is 2.09 bits per heavy atom. The highest BCUT2D eigenvalue weighted by Gasteiger charge is 2.26. The smallest absolute Gasteiger partial charge is 0.274 e. The molecule has 3 aromatic heterocycles. The van der Waals surface area contributed by atoms with Crippen LogP contribution in [0.2, 0.25) is 5.02 Å². The number of halogens is 1. The van der Waals surface area contributed by atoms with Crippen LogP contribution in [-0.4, -0.2) is 66.5 Å². The molecule has 4 heterocycles. The Kier molecular flexibility index (Phi) is 5.41. The van der Waals surface area contributed by atoms with E-state index in [9.17, 15) is 9.90 Å². The first-order valence-corrected chi connectivity index (χ1v) is 10.7. The molecule has 1 amide bonds. The summed E-state index contributed by atoms with van der Waals surface area (Å²) in [6.45, 7) is 1.30. The fourth-order valence-corrected chi connectivity index (χ4v) is 4.04. The number of fused-ring (bicyclic) bond motifs is 1. The summed E-state index contributed by atoms with van der Waals surface area (Å²) in [7, 11) is 1.80. The topological polar surface area (TPSA) is 135 Å². The molecule has 168 valence electrons. The summed E-state index contributed by atoms with van der Waals surface area (Å²) in [6.07, 6.45) is 3.11. The predicted molar refractivity (Wildman–Crippen MR) is 124 cm³/mol. The minimum absolute atomic E-state index is 0.00546. The van der Waals surface area contributed by atoms with Crippen LogP contribution in [0.4, 0.5) is 5.82 Å². The molecule has 33 heavy (non-hydrogen) atoms. The van der Waals surface area contributed by atoms with Crippen molar-refractivity contribution in [2.75, 3.05) is 25.5 Å². The SMILES string of the molecule is Cn1ccc(-c2nc(N)c(C(=O)NCN3CC(O)C3)nc2-c2cc(Cl)c3ncccc3c2)n1. The normalized spacial score (nSPS) is 14.4. The number of hydrogen-bond donors (Lipinski definition) is 3. The standard InChI is InChI=1S/C22H21ClN8O2/c1-30-6-4-16(29-30)19-18(13-7-12-3-2-5-25-17(12)15(23)8-13)27-20(21(24)28-19)22(33)26-11-31-9-14(32)10-31/h2-8,14,32H,9-11H2,1H3,(H2,24,28)(H,26,33). The number of likely N-dealkylation sites (tertiary alicyclic amines) is 1. The highest BCUT2D eigenvalue weighted by atomic mass is 35.5. The van der Waals surface area contributed by atoms with Gasteiger partial charge in [0.15, 0.2) is 11.5 Å². The van der Waals surface area contributed by atoms with Crippen molar-refractivity contribution in [1.82, 2.24) is 34.9 Å². The number of rotatable bonds is 5. The van der Waals surface area contributed by atoms with E-state index in [1.165, 1.54) is 0 Å². The average Bonchev–Trinajstić information content (AvgIpc) is 3.21. The third-order valence-electron chi connectivity index (χ3n) is 5.43. The van der Waals surface area contributed by atoms with Crippen LogP contribution in [0, 0.1) is 0 Å². The molecule has 0 atom stereocenters. The van der Waals surface area contributed by atoms with Crippen LogP contribution < -0.4 is 11.1 Å². The number of nitrogen functional groups attached to an aromatic ring is 1. The second-order valence-electron chi connectivity index (χ2n) is 7.92. The highest BCUT2D eigenvalue weighted by molar-refractivity contribution is 6.35. The quantitative estimate of drug-likeness (QED) is 0.406. The van der Waals surface area contributed by atoms with Gasteiger partial charge in [0.1, 0.15) is 11.4 Å². The third-order valence-corrected chi connectivity index (χ3v) is 5.72. The van der Waals surface area contributed by atoms with E-state index in [0.29, 0.717) is 46.3 Å². The fourth-order valence-electron chi connectivity index (χ4n) is 3.76. The molecule has 0 bridgehead atoms. The number of hydrogen-bond acceptors (Lipinski definition) is 8. The molecule has 0 saturated carbocycles. The van der Waals surface area contributed by atoms with E-state index in [4.69, 9.17) is 17.3 Å². The lowest BCUT2D eigenvalue weighted by molar-refractivity contribution is -0.00188. The molecule has 4 aromatic rings. The van der Waals surface area contributed by atoms with Gasteiger partial charge in [-0.25, -0.2) is 9.97 Å². The Balaban J connectivity index is 1.59. The van der Waals surface area contributed by atoms with Gasteiger partial charge in [-0.2, -0.15) is 5.10 Å². The van der Waals surface area contributed by atoms with Gasteiger partial charge < -0.3 is 16.2 Å². The summed E-state index contributed by atoms with van der Waals surface area (Å²) in [4.78, 5) is 28.2. The first kappa shape index (κ1) is 21.3. The van der Waals surface area contributed by atoms with E-state index in [1.54, 1.807) is 36.3 Å². The van der Waals surface area contributed by atoms with Crippen molar-refractivity contribution >= 4 is 34.2 Å². The number of pyridine rings is 1. The Labute approximate surface area is 194 Å². The predicted octanol–water partition coefficient (Wildman–Crippen LogP) is 1.69. The van der Waals surface area contributed by atoms with Crippen molar-refractivity contribution < 1.29 is 9.90 Å². The van der Waals surface area contributed by atoms with Crippen molar-refractivity contribution in [3.8, 4) is 22.6 Å². The number of amides is 1. The van der Waals surface area contributed by atoms with Crippen LogP contribution in [0.5, 0.6) is 0 Å². The van der Waals surface area contributed by atoms with Gasteiger partial charge in [-0.15, -0.1) is 0 Å². The molecule has 0 aliphatic carbocycles. The van der Waals surface area contributed by atoms with Gasteiger partial charge in [0.05, 0.1) is 29.0 Å². The second-order valence-corrected chi connectivity index (χ2v) is 8.32. The zero-order valence-corrected chi connectivity index (χ0v) is 18.5. The van der Waals surface area contributed by atoms with E-state index in [0.717, 1.165) is 5.39 Å². The summed E-state index contributed by atoms with van der Waals surface area (Å²) in [5, 5.41) is 17.9. The van der Waals surface area contributed by atoms with Gasteiger partial charge in [-0.3, -0.25) is 19.4 Å². The molecule has 10 nitrogen and oxygen atoms in total. The van der Waals surface area contributed by atoms with E-state index in [1.807, 2.05) is 23.1 Å². The molecule has 0 radical (unpaired) electrons. The number of β-amino-alcohol motifs (C(OH)–C–C–N with tert-alkyl or cyclic N) is 1. The van der Waals surface area contributed by atoms with E-state index in [-0.39, 0.29) is 24.3 Å². The van der Waals surface area contributed by atoms with Crippen molar-refractivity contribution in [1.29, 1.82) is 0 Å². The minimum atomic E-state index is -0.455. The molecular weight excluding hydrogens is 444 g/mol. The molecule has 1 aliphatic heterocycles. The number of aliphatic hydroxyl groups is 1. The molecule has 1 saturated heterocycles. The van der Waals surface area contributed by atoms with E-state index >= 15 is 0 Å². The fraction of sp³-hybridized carbons (Fsp3) is 0.227. The number of anilines is 1. The molecule has 0 unspecified atom stereocenters. The average molecular weight is 465 g/mol. The van der Waals surface area contributed by atoms with Gasteiger partial charge in [0.25, 0.3) is 5.91 Å². The number of carbonyl (C=O) groups is 1. The van der Waals surface area contributed by atoms with Crippen LogP contribution in [0.1, 0.15) is 10.5 Å². The maximum Gasteiger partial charge on any atom is 0.274 e. The zero-order chi connectivity index (χ0) is 23.1. The lowest BCUT2D eigenvalue weighted by Gasteiger charge is -2.35. The Morgan fingerprint density at radius 1 is 1.27 bits per heavy atom. The first-order chi connectivity index (χ1) is 15.9. The number of nitrogens with zero attached hydrogens (tertiary/aromatic N) is 6. The number of aryl methyl sites for hydroxylation is 1. The van der Waals surface area contributed by atoms with Crippen molar-refractivity contribution in [2.24, 2.45) is 7.05 Å².